The average molecular weight is 315 g/mol. The molecule has 21 heavy (non-hydrogen) atoms. The predicted molar refractivity (Wildman–Crippen MR) is 80.9 cm³/mol. The van der Waals surface area contributed by atoms with E-state index in [2.05, 4.69) is 5.32 Å². The number of rotatable bonds is 7. The molecule has 1 rings (SSSR count). The van der Waals surface area contributed by atoms with Crippen molar-refractivity contribution >= 4 is 21.7 Å². The van der Waals surface area contributed by atoms with E-state index in [1.165, 1.54) is 0 Å². The number of nitrogens with one attached hydrogen (secondary N) is 1. The van der Waals surface area contributed by atoms with Gasteiger partial charge in [0.1, 0.15) is 0 Å². The van der Waals surface area contributed by atoms with Gasteiger partial charge in [0.25, 0.3) is 10.1 Å². The molecule has 0 atom stereocenters. The number of hydrogen-bond acceptors (Lipinski definition) is 4. The zero-order valence-electron chi connectivity index (χ0n) is 12.5. The van der Waals surface area contributed by atoms with Gasteiger partial charge in [-0.2, -0.15) is 8.42 Å². The third-order valence-electron chi connectivity index (χ3n) is 3.01. The van der Waals surface area contributed by atoms with Crippen LogP contribution in [0.15, 0.2) is 12.1 Å². The number of carbonyl (C=O) groups is 1. The summed E-state index contributed by atoms with van der Waals surface area (Å²) in [4.78, 5) is 11.7. The monoisotopic (exact) mass is 315 g/mol. The SMILES string of the molecule is CCOCc1ccc(C)c(NC(=O)CS(=O)(=O)O)c1CC. The van der Waals surface area contributed by atoms with Crippen LogP contribution >= 0.6 is 0 Å². The normalized spacial score (nSPS) is 11.4. The third-order valence-corrected chi connectivity index (χ3v) is 3.64. The number of amides is 1. The molecule has 0 saturated carbocycles. The van der Waals surface area contributed by atoms with Gasteiger partial charge in [-0.05, 0) is 37.0 Å². The van der Waals surface area contributed by atoms with E-state index in [1.807, 2.05) is 32.9 Å². The van der Waals surface area contributed by atoms with Crippen molar-refractivity contribution in [2.24, 2.45) is 0 Å². The van der Waals surface area contributed by atoms with Crippen LogP contribution in [-0.2, 0) is 32.7 Å². The molecule has 2 N–H and O–H groups in total. The Morgan fingerprint density at radius 2 is 2.00 bits per heavy atom. The molecule has 1 amide bonds. The van der Waals surface area contributed by atoms with Crippen LogP contribution in [0.5, 0.6) is 0 Å². The van der Waals surface area contributed by atoms with Gasteiger partial charge in [0.15, 0.2) is 5.75 Å². The van der Waals surface area contributed by atoms with E-state index in [1.54, 1.807) is 0 Å². The van der Waals surface area contributed by atoms with Crippen LogP contribution in [0.2, 0.25) is 0 Å². The number of carbonyl (C=O) groups excluding carboxylic acids is 1. The molecule has 0 aromatic heterocycles. The highest BCUT2D eigenvalue weighted by atomic mass is 32.2. The highest BCUT2D eigenvalue weighted by Crippen LogP contribution is 2.26. The summed E-state index contributed by atoms with van der Waals surface area (Å²) in [6, 6.07) is 3.78. The van der Waals surface area contributed by atoms with E-state index in [-0.39, 0.29) is 0 Å². The summed E-state index contributed by atoms with van der Waals surface area (Å²) in [5, 5.41) is 2.57. The van der Waals surface area contributed by atoms with Gasteiger partial charge in [-0.3, -0.25) is 9.35 Å². The van der Waals surface area contributed by atoms with Gasteiger partial charge in [-0.1, -0.05) is 19.1 Å². The molecule has 0 fully saturated rings. The van der Waals surface area contributed by atoms with Crippen molar-refractivity contribution in [3.05, 3.63) is 28.8 Å². The molecule has 0 radical (unpaired) electrons. The van der Waals surface area contributed by atoms with E-state index in [4.69, 9.17) is 9.29 Å². The quantitative estimate of drug-likeness (QED) is 0.750. The molecule has 0 saturated heterocycles. The molecule has 0 bridgehead atoms. The Kier molecular flexibility index (Phi) is 6.32. The van der Waals surface area contributed by atoms with Gasteiger partial charge in [0, 0.05) is 12.3 Å². The second-order valence-corrected chi connectivity index (χ2v) is 6.11. The summed E-state index contributed by atoms with van der Waals surface area (Å²) in [5.41, 5.74) is 3.28. The minimum atomic E-state index is -4.34. The molecule has 7 heteroatoms. The summed E-state index contributed by atoms with van der Waals surface area (Å²) in [6.07, 6.45) is 0.672. The number of ether oxygens (including phenoxy) is 1. The van der Waals surface area contributed by atoms with E-state index in [0.717, 1.165) is 16.7 Å². The van der Waals surface area contributed by atoms with Crippen molar-refractivity contribution in [3.63, 3.8) is 0 Å². The Balaban J connectivity index is 3.07. The molecule has 6 nitrogen and oxygen atoms in total. The molecule has 118 valence electrons. The molecule has 0 aliphatic rings. The maximum atomic E-state index is 11.7. The summed E-state index contributed by atoms with van der Waals surface area (Å²) in [7, 11) is -4.34. The first-order valence-corrected chi connectivity index (χ1v) is 8.33. The Morgan fingerprint density at radius 3 is 2.52 bits per heavy atom. The fraction of sp³-hybridized carbons (Fsp3) is 0.500. The number of hydrogen-bond donors (Lipinski definition) is 2. The largest absolute Gasteiger partial charge is 0.377 e. The third kappa shape index (κ3) is 5.45. The molecule has 0 spiro atoms. The van der Waals surface area contributed by atoms with Crippen molar-refractivity contribution in [3.8, 4) is 0 Å². The lowest BCUT2D eigenvalue weighted by molar-refractivity contribution is -0.114. The lowest BCUT2D eigenvalue weighted by atomic mass is 9.99. The first kappa shape index (κ1) is 17.6. The predicted octanol–water partition coefficient (Wildman–Crippen LogP) is 1.92. The van der Waals surface area contributed by atoms with Crippen LogP contribution in [0.25, 0.3) is 0 Å². The topological polar surface area (TPSA) is 92.7 Å². The van der Waals surface area contributed by atoms with E-state index in [9.17, 15) is 13.2 Å². The summed E-state index contributed by atoms with van der Waals surface area (Å²) >= 11 is 0. The van der Waals surface area contributed by atoms with Crippen molar-refractivity contribution in [1.82, 2.24) is 0 Å². The highest BCUT2D eigenvalue weighted by molar-refractivity contribution is 7.86. The number of aryl methyl sites for hydroxylation is 1. The van der Waals surface area contributed by atoms with Crippen molar-refractivity contribution in [2.45, 2.75) is 33.8 Å². The van der Waals surface area contributed by atoms with Crippen LogP contribution in [0, 0.1) is 6.92 Å². The van der Waals surface area contributed by atoms with Crippen LogP contribution in [0.3, 0.4) is 0 Å². The van der Waals surface area contributed by atoms with E-state index >= 15 is 0 Å². The standard InChI is InChI=1S/C14H21NO5S/c1-4-12-11(8-20-5-2)7-6-10(3)14(12)15-13(16)9-21(17,18)19/h6-7H,4-5,8-9H2,1-3H3,(H,15,16)(H,17,18,19). The second kappa shape index (κ2) is 7.53. The molecule has 0 aliphatic heterocycles. The molecule has 1 aromatic carbocycles. The van der Waals surface area contributed by atoms with Gasteiger partial charge in [-0.15, -0.1) is 0 Å². The van der Waals surface area contributed by atoms with Gasteiger partial charge < -0.3 is 10.1 Å². The van der Waals surface area contributed by atoms with Gasteiger partial charge >= 0.3 is 0 Å². The summed E-state index contributed by atoms with van der Waals surface area (Å²) in [6.45, 7) is 6.69. The first-order chi connectivity index (χ1) is 9.78. The molecular weight excluding hydrogens is 294 g/mol. The van der Waals surface area contributed by atoms with Crippen LogP contribution in [0.1, 0.15) is 30.5 Å². The van der Waals surface area contributed by atoms with Gasteiger partial charge in [0.2, 0.25) is 5.91 Å². The lowest BCUT2D eigenvalue weighted by Crippen LogP contribution is -2.23. The molecule has 0 heterocycles. The first-order valence-electron chi connectivity index (χ1n) is 6.72. The van der Waals surface area contributed by atoms with E-state index in [0.29, 0.717) is 25.3 Å². The Hall–Kier alpha value is -1.44. The highest BCUT2D eigenvalue weighted by Gasteiger charge is 2.17. The minimum Gasteiger partial charge on any atom is -0.377 e. The van der Waals surface area contributed by atoms with E-state index < -0.39 is 21.8 Å². The van der Waals surface area contributed by atoms with Crippen molar-refractivity contribution in [2.75, 3.05) is 17.7 Å². The lowest BCUT2D eigenvalue weighted by Gasteiger charge is -2.17. The average Bonchev–Trinajstić information content (AvgIpc) is 2.37. The maximum Gasteiger partial charge on any atom is 0.274 e. The molecular formula is C14H21NO5S. The second-order valence-electron chi connectivity index (χ2n) is 4.66. The Labute approximate surface area is 125 Å². The smallest absolute Gasteiger partial charge is 0.274 e. The van der Waals surface area contributed by atoms with Crippen molar-refractivity contribution in [1.29, 1.82) is 0 Å². The fourth-order valence-electron chi connectivity index (χ4n) is 2.07. The summed E-state index contributed by atoms with van der Waals surface area (Å²) < 4.78 is 35.6. The fourth-order valence-corrected chi connectivity index (χ4v) is 2.48. The van der Waals surface area contributed by atoms with Gasteiger partial charge in [-0.25, -0.2) is 0 Å². The number of anilines is 1. The van der Waals surface area contributed by atoms with Crippen molar-refractivity contribution < 1.29 is 22.5 Å². The zero-order valence-corrected chi connectivity index (χ0v) is 13.3. The Morgan fingerprint density at radius 1 is 1.33 bits per heavy atom. The van der Waals surface area contributed by atoms with Crippen LogP contribution in [0.4, 0.5) is 5.69 Å². The summed E-state index contributed by atoms with van der Waals surface area (Å²) in [5.74, 6) is -1.71. The van der Waals surface area contributed by atoms with Gasteiger partial charge in [0.05, 0.1) is 6.61 Å². The van der Waals surface area contributed by atoms with Crippen LogP contribution < -0.4 is 5.32 Å². The molecule has 1 aromatic rings. The zero-order chi connectivity index (χ0) is 16.0. The maximum absolute atomic E-state index is 11.7. The Bertz CT molecular complexity index is 610. The molecule has 0 aliphatic carbocycles. The minimum absolute atomic E-state index is 0.432. The number of benzene rings is 1. The van der Waals surface area contributed by atoms with Crippen LogP contribution in [-0.4, -0.2) is 31.2 Å². The molecule has 0 unspecified atom stereocenters.